The van der Waals surface area contributed by atoms with Crippen LogP contribution in [0.3, 0.4) is 0 Å². The molecular formula is C14H23N3O. The van der Waals surface area contributed by atoms with E-state index < -0.39 is 0 Å². The molecule has 0 amide bonds. The Morgan fingerprint density at radius 2 is 1.94 bits per heavy atom. The molecule has 100 valence electrons. The Hall–Kier alpha value is -1.13. The number of hydrogen-bond acceptors (Lipinski definition) is 4. The molecule has 18 heavy (non-hydrogen) atoms. The van der Waals surface area contributed by atoms with Gasteiger partial charge in [0.15, 0.2) is 0 Å². The minimum atomic E-state index is 0.192. The molecule has 1 saturated heterocycles. The summed E-state index contributed by atoms with van der Waals surface area (Å²) in [5, 5.41) is 8.97. The summed E-state index contributed by atoms with van der Waals surface area (Å²) in [7, 11) is 0. The monoisotopic (exact) mass is 249 g/mol. The zero-order chi connectivity index (χ0) is 13.0. The van der Waals surface area contributed by atoms with Crippen LogP contribution in [0.25, 0.3) is 0 Å². The van der Waals surface area contributed by atoms with Crippen molar-refractivity contribution in [2.75, 3.05) is 44.2 Å². The summed E-state index contributed by atoms with van der Waals surface area (Å²) < 4.78 is 0. The van der Waals surface area contributed by atoms with Crippen molar-refractivity contribution < 1.29 is 5.11 Å². The van der Waals surface area contributed by atoms with Gasteiger partial charge in [0.25, 0.3) is 0 Å². The summed E-state index contributed by atoms with van der Waals surface area (Å²) in [4.78, 5) is 9.47. The van der Waals surface area contributed by atoms with E-state index >= 15 is 0 Å². The van der Waals surface area contributed by atoms with Gasteiger partial charge in [-0.3, -0.25) is 0 Å². The van der Waals surface area contributed by atoms with Crippen molar-refractivity contribution >= 4 is 5.82 Å². The van der Waals surface area contributed by atoms with Crippen LogP contribution in [-0.2, 0) is 6.42 Å². The van der Waals surface area contributed by atoms with Gasteiger partial charge in [-0.2, -0.15) is 0 Å². The molecular weight excluding hydrogens is 226 g/mol. The fraction of sp³-hybridized carbons (Fsp3) is 0.643. The fourth-order valence-electron chi connectivity index (χ4n) is 2.43. The highest BCUT2D eigenvalue weighted by Crippen LogP contribution is 2.17. The van der Waals surface area contributed by atoms with Gasteiger partial charge in [0.2, 0.25) is 0 Å². The number of nitrogens with zero attached hydrogens (tertiary/aromatic N) is 3. The Labute approximate surface area is 109 Å². The molecule has 0 saturated carbocycles. The zero-order valence-electron chi connectivity index (χ0n) is 11.4. The third-order valence-electron chi connectivity index (χ3n) is 3.71. The van der Waals surface area contributed by atoms with Crippen molar-refractivity contribution in [2.45, 2.75) is 20.3 Å². The van der Waals surface area contributed by atoms with Crippen molar-refractivity contribution in [3.63, 3.8) is 0 Å². The quantitative estimate of drug-likeness (QED) is 0.866. The molecule has 0 atom stereocenters. The SMILES string of the molecule is CCN1CCN(c2ccc(CCO)c(C)n2)CC1. The molecule has 0 bridgehead atoms. The molecule has 4 heteroatoms. The predicted molar refractivity (Wildman–Crippen MR) is 74.1 cm³/mol. The van der Waals surface area contributed by atoms with Gasteiger partial charge in [0.05, 0.1) is 0 Å². The molecule has 0 radical (unpaired) electrons. The lowest BCUT2D eigenvalue weighted by Gasteiger charge is -2.35. The second kappa shape index (κ2) is 6.16. The first-order valence-electron chi connectivity index (χ1n) is 6.79. The van der Waals surface area contributed by atoms with Crippen LogP contribution in [0.1, 0.15) is 18.2 Å². The standard InChI is InChI=1S/C14H23N3O/c1-3-16-7-9-17(10-8-16)14-5-4-13(6-11-18)12(2)15-14/h4-5,18H,3,6-11H2,1-2H3. The highest BCUT2D eigenvalue weighted by molar-refractivity contribution is 5.42. The Morgan fingerprint density at radius 3 is 2.50 bits per heavy atom. The van der Waals surface area contributed by atoms with Crippen molar-refractivity contribution in [1.29, 1.82) is 0 Å². The second-order valence-electron chi connectivity index (χ2n) is 4.81. The first-order valence-corrected chi connectivity index (χ1v) is 6.79. The number of aliphatic hydroxyl groups excluding tert-OH is 1. The molecule has 1 aliphatic heterocycles. The van der Waals surface area contributed by atoms with Gasteiger partial charge in [0, 0.05) is 38.5 Å². The van der Waals surface area contributed by atoms with Crippen LogP contribution in [-0.4, -0.2) is 54.3 Å². The molecule has 2 heterocycles. The number of piperazine rings is 1. The molecule has 2 rings (SSSR count). The Morgan fingerprint density at radius 1 is 1.22 bits per heavy atom. The van der Waals surface area contributed by atoms with E-state index in [4.69, 9.17) is 5.11 Å². The van der Waals surface area contributed by atoms with E-state index in [2.05, 4.69) is 33.8 Å². The number of aliphatic hydroxyl groups is 1. The van der Waals surface area contributed by atoms with E-state index in [1.807, 2.05) is 6.92 Å². The fourth-order valence-corrected chi connectivity index (χ4v) is 2.43. The van der Waals surface area contributed by atoms with E-state index in [1.54, 1.807) is 0 Å². The number of aromatic nitrogens is 1. The molecule has 4 nitrogen and oxygen atoms in total. The average molecular weight is 249 g/mol. The third kappa shape index (κ3) is 3.00. The van der Waals surface area contributed by atoms with Crippen LogP contribution >= 0.6 is 0 Å². The third-order valence-corrected chi connectivity index (χ3v) is 3.71. The highest BCUT2D eigenvalue weighted by Gasteiger charge is 2.17. The lowest BCUT2D eigenvalue weighted by molar-refractivity contribution is 0.270. The largest absolute Gasteiger partial charge is 0.396 e. The smallest absolute Gasteiger partial charge is 0.128 e. The molecule has 1 aromatic rings. The van der Waals surface area contributed by atoms with Gasteiger partial charge in [-0.25, -0.2) is 4.98 Å². The van der Waals surface area contributed by atoms with Gasteiger partial charge < -0.3 is 14.9 Å². The van der Waals surface area contributed by atoms with Gasteiger partial charge in [-0.1, -0.05) is 13.0 Å². The van der Waals surface area contributed by atoms with Crippen molar-refractivity contribution in [3.05, 3.63) is 23.4 Å². The number of pyridine rings is 1. The maximum Gasteiger partial charge on any atom is 0.128 e. The lowest BCUT2D eigenvalue weighted by atomic mass is 10.1. The molecule has 1 fully saturated rings. The molecule has 1 N–H and O–H groups in total. The molecule has 0 aliphatic carbocycles. The first-order chi connectivity index (χ1) is 8.74. The topological polar surface area (TPSA) is 39.6 Å². The van der Waals surface area contributed by atoms with Crippen LogP contribution in [0.5, 0.6) is 0 Å². The Balaban J connectivity index is 2.03. The Bertz CT molecular complexity index is 387. The van der Waals surface area contributed by atoms with Crippen LogP contribution in [0, 0.1) is 6.92 Å². The van der Waals surface area contributed by atoms with E-state index in [0.717, 1.165) is 49.8 Å². The normalized spacial score (nSPS) is 17.2. The molecule has 1 aromatic heterocycles. The summed E-state index contributed by atoms with van der Waals surface area (Å²) in [6.07, 6.45) is 0.697. The zero-order valence-corrected chi connectivity index (χ0v) is 11.4. The minimum Gasteiger partial charge on any atom is -0.396 e. The number of anilines is 1. The maximum absolute atomic E-state index is 8.97. The van der Waals surface area contributed by atoms with Crippen molar-refractivity contribution in [1.82, 2.24) is 9.88 Å². The number of rotatable bonds is 4. The van der Waals surface area contributed by atoms with Crippen LogP contribution in [0.4, 0.5) is 5.82 Å². The summed E-state index contributed by atoms with van der Waals surface area (Å²) in [5.74, 6) is 1.07. The van der Waals surface area contributed by atoms with E-state index in [9.17, 15) is 0 Å². The summed E-state index contributed by atoms with van der Waals surface area (Å²) in [6.45, 7) is 9.91. The number of likely N-dealkylation sites (N-methyl/N-ethyl adjacent to an activating group) is 1. The number of hydrogen-bond donors (Lipinski definition) is 1. The van der Waals surface area contributed by atoms with Gasteiger partial charge in [-0.05, 0) is 31.5 Å². The Kier molecular flexibility index (Phi) is 4.55. The summed E-state index contributed by atoms with van der Waals surface area (Å²) in [6, 6.07) is 4.18. The first kappa shape index (κ1) is 13.3. The van der Waals surface area contributed by atoms with E-state index in [0.29, 0.717) is 6.42 Å². The molecule has 1 aliphatic rings. The van der Waals surface area contributed by atoms with E-state index in [1.165, 1.54) is 0 Å². The maximum atomic E-state index is 8.97. The van der Waals surface area contributed by atoms with Gasteiger partial charge >= 0.3 is 0 Å². The van der Waals surface area contributed by atoms with Crippen LogP contribution < -0.4 is 4.90 Å². The van der Waals surface area contributed by atoms with E-state index in [-0.39, 0.29) is 6.61 Å². The van der Waals surface area contributed by atoms with Crippen LogP contribution in [0.2, 0.25) is 0 Å². The summed E-state index contributed by atoms with van der Waals surface area (Å²) in [5.41, 5.74) is 2.19. The number of aryl methyl sites for hydroxylation is 1. The highest BCUT2D eigenvalue weighted by atomic mass is 16.2. The average Bonchev–Trinajstić information content (AvgIpc) is 2.41. The minimum absolute atomic E-state index is 0.192. The van der Waals surface area contributed by atoms with Gasteiger partial charge in [0.1, 0.15) is 5.82 Å². The second-order valence-corrected chi connectivity index (χ2v) is 4.81. The van der Waals surface area contributed by atoms with Gasteiger partial charge in [-0.15, -0.1) is 0 Å². The van der Waals surface area contributed by atoms with Crippen molar-refractivity contribution in [2.24, 2.45) is 0 Å². The molecule has 0 spiro atoms. The van der Waals surface area contributed by atoms with Crippen molar-refractivity contribution in [3.8, 4) is 0 Å². The molecule has 0 unspecified atom stereocenters. The molecule has 0 aromatic carbocycles. The predicted octanol–water partition coefficient (Wildman–Crippen LogP) is 1.07. The lowest BCUT2D eigenvalue weighted by Crippen LogP contribution is -2.46. The summed E-state index contributed by atoms with van der Waals surface area (Å²) >= 11 is 0. The van der Waals surface area contributed by atoms with Crippen LogP contribution in [0.15, 0.2) is 12.1 Å².